The molecule has 108 valence electrons. The first kappa shape index (κ1) is 15.0. The number of hydrogen-bond acceptors (Lipinski definition) is 4. The van der Waals surface area contributed by atoms with E-state index < -0.39 is 10.0 Å². The molecule has 1 aromatic carbocycles. The average Bonchev–Trinajstić information content (AvgIpc) is 2.85. The largest absolute Gasteiger partial charge is 0.378 e. The van der Waals surface area contributed by atoms with Gasteiger partial charge in [0.25, 0.3) is 0 Å². The van der Waals surface area contributed by atoms with Gasteiger partial charge in [0.05, 0.1) is 10.9 Å². The lowest BCUT2D eigenvalue weighted by molar-refractivity contribution is 0.588. The Morgan fingerprint density at radius 2 is 1.80 bits per heavy atom. The molecule has 1 heterocycles. The molecule has 0 saturated carbocycles. The number of benzene rings is 1. The number of nitrogens with one attached hydrogen (secondary N) is 2. The zero-order chi connectivity index (χ0) is 14.8. The van der Waals surface area contributed by atoms with E-state index in [1.165, 1.54) is 17.5 Å². The summed E-state index contributed by atoms with van der Waals surface area (Å²) >= 11 is 1.72. The highest BCUT2D eigenvalue weighted by Crippen LogP contribution is 2.27. The van der Waals surface area contributed by atoms with Gasteiger partial charge in [0.2, 0.25) is 10.0 Å². The van der Waals surface area contributed by atoms with Gasteiger partial charge in [-0.2, -0.15) is 0 Å². The molecule has 0 spiro atoms. The van der Waals surface area contributed by atoms with Crippen molar-refractivity contribution in [1.29, 1.82) is 0 Å². The number of aryl methyl sites for hydroxylation is 1. The summed E-state index contributed by atoms with van der Waals surface area (Å²) in [7, 11) is -1.96. The Bertz CT molecular complexity index is 675. The monoisotopic (exact) mass is 310 g/mol. The van der Waals surface area contributed by atoms with Crippen LogP contribution in [0.1, 0.15) is 23.4 Å². The Balaban J connectivity index is 2.14. The van der Waals surface area contributed by atoms with Gasteiger partial charge in [0.1, 0.15) is 0 Å². The van der Waals surface area contributed by atoms with Crippen molar-refractivity contribution >= 4 is 27.0 Å². The second-order valence-corrected chi connectivity index (χ2v) is 7.40. The van der Waals surface area contributed by atoms with Crippen LogP contribution in [0.3, 0.4) is 0 Å². The second kappa shape index (κ2) is 5.95. The molecule has 0 amide bonds. The Hall–Kier alpha value is -1.37. The van der Waals surface area contributed by atoms with Crippen molar-refractivity contribution in [3.05, 3.63) is 46.2 Å². The number of thiophene rings is 1. The summed E-state index contributed by atoms with van der Waals surface area (Å²) in [5.74, 6) is 0. The zero-order valence-electron chi connectivity index (χ0n) is 11.7. The first-order valence-corrected chi connectivity index (χ1v) is 8.64. The van der Waals surface area contributed by atoms with Gasteiger partial charge in [0.15, 0.2) is 0 Å². The highest BCUT2D eigenvalue weighted by Gasteiger charge is 2.12. The first-order chi connectivity index (χ1) is 9.44. The Morgan fingerprint density at radius 1 is 1.15 bits per heavy atom. The predicted molar refractivity (Wildman–Crippen MR) is 83.8 cm³/mol. The SMILES string of the molecule is CNS(=O)(=O)c1ccc(NC(C)c2sccc2C)cc1. The van der Waals surface area contributed by atoms with E-state index in [2.05, 4.69) is 35.3 Å². The molecule has 2 rings (SSSR count). The Labute approximate surface area is 123 Å². The lowest BCUT2D eigenvalue weighted by atomic mass is 10.2. The van der Waals surface area contributed by atoms with Gasteiger partial charge in [-0.05, 0) is 62.2 Å². The summed E-state index contributed by atoms with van der Waals surface area (Å²) in [6, 6.07) is 9.06. The minimum absolute atomic E-state index is 0.196. The van der Waals surface area contributed by atoms with E-state index in [0.29, 0.717) is 0 Å². The van der Waals surface area contributed by atoms with Crippen LogP contribution in [0.25, 0.3) is 0 Å². The molecule has 0 aliphatic rings. The van der Waals surface area contributed by atoms with Crippen molar-refractivity contribution in [3.8, 4) is 0 Å². The van der Waals surface area contributed by atoms with Crippen molar-refractivity contribution in [1.82, 2.24) is 4.72 Å². The van der Waals surface area contributed by atoms with Gasteiger partial charge in [-0.3, -0.25) is 0 Å². The maximum Gasteiger partial charge on any atom is 0.240 e. The third kappa shape index (κ3) is 3.20. The van der Waals surface area contributed by atoms with Crippen LogP contribution in [0.5, 0.6) is 0 Å². The summed E-state index contributed by atoms with van der Waals surface area (Å²) in [4.78, 5) is 1.56. The fourth-order valence-electron chi connectivity index (χ4n) is 1.99. The lowest BCUT2D eigenvalue weighted by Gasteiger charge is -2.15. The third-order valence-corrected chi connectivity index (χ3v) is 5.74. The van der Waals surface area contributed by atoms with Crippen LogP contribution in [0.4, 0.5) is 5.69 Å². The van der Waals surface area contributed by atoms with Crippen molar-refractivity contribution in [3.63, 3.8) is 0 Å². The summed E-state index contributed by atoms with van der Waals surface area (Å²) < 4.78 is 25.6. The van der Waals surface area contributed by atoms with Gasteiger partial charge < -0.3 is 5.32 Å². The fourth-order valence-corrected chi connectivity index (χ4v) is 3.66. The van der Waals surface area contributed by atoms with Crippen molar-refractivity contribution < 1.29 is 8.42 Å². The predicted octanol–water partition coefficient (Wildman–Crippen LogP) is 3.14. The van der Waals surface area contributed by atoms with E-state index in [9.17, 15) is 8.42 Å². The molecule has 1 atom stereocenters. The molecule has 0 saturated heterocycles. The molecule has 0 aliphatic heterocycles. The molecule has 1 aromatic heterocycles. The zero-order valence-corrected chi connectivity index (χ0v) is 13.3. The molecule has 2 N–H and O–H groups in total. The molecule has 0 radical (unpaired) electrons. The van der Waals surface area contributed by atoms with E-state index >= 15 is 0 Å². The molecule has 20 heavy (non-hydrogen) atoms. The first-order valence-electron chi connectivity index (χ1n) is 6.28. The van der Waals surface area contributed by atoms with Gasteiger partial charge in [-0.25, -0.2) is 13.1 Å². The maximum absolute atomic E-state index is 11.6. The molecule has 1 unspecified atom stereocenters. The van der Waals surface area contributed by atoms with Crippen LogP contribution in [0.15, 0.2) is 40.6 Å². The van der Waals surface area contributed by atoms with Crippen LogP contribution in [-0.2, 0) is 10.0 Å². The quantitative estimate of drug-likeness (QED) is 0.892. The second-order valence-electron chi connectivity index (χ2n) is 4.57. The van der Waals surface area contributed by atoms with E-state index in [-0.39, 0.29) is 10.9 Å². The van der Waals surface area contributed by atoms with E-state index in [0.717, 1.165) is 5.69 Å². The molecule has 0 fully saturated rings. The Kier molecular flexibility index (Phi) is 4.47. The van der Waals surface area contributed by atoms with Crippen molar-refractivity contribution in [2.75, 3.05) is 12.4 Å². The number of hydrogen-bond donors (Lipinski definition) is 2. The Morgan fingerprint density at radius 3 is 2.30 bits per heavy atom. The molecule has 0 bridgehead atoms. The smallest absolute Gasteiger partial charge is 0.240 e. The minimum Gasteiger partial charge on any atom is -0.378 e. The van der Waals surface area contributed by atoms with Gasteiger partial charge in [-0.15, -0.1) is 11.3 Å². The van der Waals surface area contributed by atoms with Crippen molar-refractivity contribution in [2.45, 2.75) is 24.8 Å². The fraction of sp³-hybridized carbons (Fsp3) is 0.286. The molecule has 2 aromatic rings. The van der Waals surface area contributed by atoms with Crippen molar-refractivity contribution in [2.24, 2.45) is 0 Å². The molecule has 0 aliphatic carbocycles. The van der Waals surface area contributed by atoms with Crippen LogP contribution in [0.2, 0.25) is 0 Å². The number of rotatable bonds is 5. The number of sulfonamides is 1. The summed E-state index contributed by atoms with van der Waals surface area (Å²) in [6.45, 7) is 4.18. The molecular formula is C14H18N2O2S2. The van der Waals surface area contributed by atoms with Gasteiger partial charge >= 0.3 is 0 Å². The molecular weight excluding hydrogens is 292 g/mol. The van der Waals surface area contributed by atoms with E-state index in [1.54, 1.807) is 35.6 Å². The normalized spacial score (nSPS) is 13.2. The molecule has 6 heteroatoms. The summed E-state index contributed by atoms with van der Waals surface area (Å²) in [5, 5.41) is 5.45. The van der Waals surface area contributed by atoms with E-state index in [4.69, 9.17) is 0 Å². The highest BCUT2D eigenvalue weighted by atomic mass is 32.2. The molecule has 4 nitrogen and oxygen atoms in total. The van der Waals surface area contributed by atoms with E-state index in [1.807, 2.05) is 0 Å². The lowest BCUT2D eigenvalue weighted by Crippen LogP contribution is -2.18. The summed E-state index contributed by atoms with van der Waals surface area (Å²) in [5.41, 5.74) is 2.17. The van der Waals surface area contributed by atoms with Crippen LogP contribution in [0, 0.1) is 6.92 Å². The number of anilines is 1. The topological polar surface area (TPSA) is 58.2 Å². The van der Waals surface area contributed by atoms with Crippen LogP contribution in [-0.4, -0.2) is 15.5 Å². The van der Waals surface area contributed by atoms with Crippen LogP contribution >= 0.6 is 11.3 Å². The summed E-state index contributed by atoms with van der Waals surface area (Å²) in [6.07, 6.45) is 0. The average molecular weight is 310 g/mol. The van der Waals surface area contributed by atoms with Gasteiger partial charge in [0, 0.05) is 10.6 Å². The minimum atomic E-state index is -3.37. The van der Waals surface area contributed by atoms with Crippen LogP contribution < -0.4 is 10.0 Å². The maximum atomic E-state index is 11.6. The third-order valence-electron chi connectivity index (χ3n) is 3.11. The van der Waals surface area contributed by atoms with Gasteiger partial charge in [-0.1, -0.05) is 0 Å². The highest BCUT2D eigenvalue weighted by molar-refractivity contribution is 7.89. The standard InChI is InChI=1S/C14H18N2O2S2/c1-10-8-9-19-14(10)11(2)16-12-4-6-13(7-5-12)20(17,18)15-3/h4-9,11,15-16H,1-3H3.